The molecule has 0 amide bonds. The van der Waals surface area contributed by atoms with Crippen LogP contribution in [0.2, 0.25) is 0 Å². The summed E-state index contributed by atoms with van der Waals surface area (Å²) >= 11 is 0. The molecule has 5 atom stereocenters. The second kappa shape index (κ2) is 6.44. The Bertz CT molecular complexity index is 715. The van der Waals surface area contributed by atoms with Gasteiger partial charge in [-0.25, -0.2) is 9.98 Å². The quantitative estimate of drug-likeness (QED) is 0.638. The van der Waals surface area contributed by atoms with Gasteiger partial charge in [0.25, 0.3) is 0 Å². The molecule has 3 fully saturated rings. The van der Waals surface area contributed by atoms with Crippen LogP contribution in [0.25, 0.3) is 0 Å². The SMILES string of the molecule is N=C1N=CN=C2N([C@@H]3O[C@H](COC4CC4)[C@@H](O)[C@H]3O)C=NC12C1CCCC1. The Morgan fingerprint density at radius 2 is 2.00 bits per heavy atom. The minimum atomic E-state index is -1.11. The van der Waals surface area contributed by atoms with Crippen LogP contribution in [0.15, 0.2) is 15.0 Å². The van der Waals surface area contributed by atoms with Crippen LogP contribution in [0.5, 0.6) is 0 Å². The summed E-state index contributed by atoms with van der Waals surface area (Å²) < 4.78 is 11.6. The molecule has 3 N–H and O–H groups in total. The molecule has 1 saturated heterocycles. The largest absolute Gasteiger partial charge is 0.387 e. The van der Waals surface area contributed by atoms with Crippen molar-refractivity contribution in [2.45, 2.75) is 74.7 Å². The van der Waals surface area contributed by atoms with Gasteiger partial charge in [-0.3, -0.25) is 15.3 Å². The van der Waals surface area contributed by atoms with Crippen molar-refractivity contribution in [2.75, 3.05) is 6.61 Å². The van der Waals surface area contributed by atoms with E-state index in [2.05, 4.69) is 15.0 Å². The van der Waals surface area contributed by atoms with Crippen LogP contribution in [0, 0.1) is 11.3 Å². The van der Waals surface area contributed by atoms with E-state index in [-0.39, 0.29) is 24.5 Å². The molecule has 5 rings (SSSR count). The van der Waals surface area contributed by atoms with E-state index in [0.717, 1.165) is 38.5 Å². The van der Waals surface area contributed by atoms with Crippen LogP contribution in [-0.4, -0.2) is 82.3 Å². The predicted octanol–water partition coefficient (Wildman–Crippen LogP) is 0.303. The molecule has 0 bridgehead atoms. The molecule has 1 unspecified atom stereocenters. The third-order valence-electron chi connectivity index (χ3n) is 6.28. The Hall–Kier alpha value is -1.68. The van der Waals surface area contributed by atoms with Gasteiger partial charge < -0.3 is 19.7 Å². The molecular formula is C18H25N5O4. The van der Waals surface area contributed by atoms with Gasteiger partial charge in [-0.2, -0.15) is 0 Å². The Kier molecular flexibility index (Phi) is 4.15. The van der Waals surface area contributed by atoms with Gasteiger partial charge in [0.1, 0.15) is 30.5 Å². The molecule has 9 nitrogen and oxygen atoms in total. The van der Waals surface area contributed by atoms with Gasteiger partial charge in [0.05, 0.1) is 19.0 Å². The van der Waals surface area contributed by atoms with E-state index in [0.29, 0.717) is 5.84 Å². The van der Waals surface area contributed by atoms with Crippen LogP contribution >= 0.6 is 0 Å². The molecule has 146 valence electrons. The molecule has 3 heterocycles. The number of nitrogens with zero attached hydrogens (tertiary/aromatic N) is 4. The summed E-state index contributed by atoms with van der Waals surface area (Å²) in [5.41, 5.74) is -0.901. The average molecular weight is 375 g/mol. The number of hydrogen-bond acceptors (Lipinski definition) is 8. The Balaban J connectivity index is 1.39. The highest BCUT2D eigenvalue weighted by molar-refractivity contribution is 6.24. The Labute approximate surface area is 157 Å². The van der Waals surface area contributed by atoms with Crippen LogP contribution in [-0.2, 0) is 9.47 Å². The molecule has 0 spiro atoms. The summed E-state index contributed by atoms with van der Waals surface area (Å²) in [6, 6.07) is 0. The van der Waals surface area contributed by atoms with Crippen molar-refractivity contribution in [3.8, 4) is 0 Å². The minimum Gasteiger partial charge on any atom is -0.387 e. The van der Waals surface area contributed by atoms with Crippen LogP contribution in [0.3, 0.4) is 0 Å². The maximum atomic E-state index is 10.6. The van der Waals surface area contributed by atoms with E-state index < -0.39 is 30.1 Å². The lowest BCUT2D eigenvalue weighted by molar-refractivity contribution is -0.0680. The fourth-order valence-electron chi connectivity index (χ4n) is 4.61. The summed E-state index contributed by atoms with van der Waals surface area (Å²) in [6.45, 7) is 0.252. The van der Waals surface area contributed by atoms with Crippen molar-refractivity contribution in [3.63, 3.8) is 0 Å². The second-order valence-corrected chi connectivity index (χ2v) is 8.02. The van der Waals surface area contributed by atoms with E-state index in [1.165, 1.54) is 6.34 Å². The molecule has 9 heteroatoms. The number of aliphatic hydroxyl groups is 2. The van der Waals surface area contributed by atoms with E-state index in [4.69, 9.17) is 14.9 Å². The standard InChI is InChI=1S/C18H25N5O4/c19-16-18(10-3-1-2-4-10)17(21-8-20-16)23(9-22-18)15-14(25)13(24)12(27-15)7-26-11-5-6-11/h8-15,19,24-25H,1-7H2/t12-,13-,14-,15-,18?/m1/s1. The van der Waals surface area contributed by atoms with Gasteiger partial charge in [0, 0.05) is 0 Å². The fraction of sp³-hybridized carbons (Fsp3) is 0.778. The van der Waals surface area contributed by atoms with Crippen molar-refractivity contribution in [2.24, 2.45) is 20.9 Å². The lowest BCUT2D eigenvalue weighted by Crippen LogP contribution is -2.56. The van der Waals surface area contributed by atoms with Gasteiger partial charge in [-0.05, 0) is 31.6 Å². The highest BCUT2D eigenvalue weighted by Crippen LogP contribution is 2.43. The monoisotopic (exact) mass is 375 g/mol. The zero-order valence-corrected chi connectivity index (χ0v) is 15.1. The summed E-state index contributed by atoms with van der Waals surface area (Å²) in [6.07, 6.45) is 5.86. The van der Waals surface area contributed by atoms with Crippen LogP contribution in [0.1, 0.15) is 38.5 Å². The number of amidine groups is 2. The summed E-state index contributed by atoms with van der Waals surface area (Å²) in [7, 11) is 0. The Morgan fingerprint density at radius 1 is 1.22 bits per heavy atom. The number of aliphatic imine (C=N–C) groups is 3. The maximum absolute atomic E-state index is 10.6. The molecule has 2 saturated carbocycles. The molecule has 27 heavy (non-hydrogen) atoms. The topological polar surface area (TPSA) is 123 Å². The summed E-state index contributed by atoms with van der Waals surface area (Å²) in [4.78, 5) is 14.9. The van der Waals surface area contributed by atoms with Gasteiger partial charge in [0.15, 0.2) is 17.6 Å². The molecule has 3 aliphatic heterocycles. The third kappa shape index (κ3) is 2.67. The molecule has 0 radical (unpaired) electrons. The zero-order valence-electron chi connectivity index (χ0n) is 15.1. The highest BCUT2D eigenvalue weighted by Gasteiger charge is 2.58. The van der Waals surface area contributed by atoms with Crippen molar-refractivity contribution >= 4 is 24.3 Å². The zero-order chi connectivity index (χ0) is 18.6. The lowest BCUT2D eigenvalue weighted by Gasteiger charge is -2.36. The number of aliphatic hydroxyl groups excluding tert-OH is 2. The first kappa shape index (κ1) is 17.4. The van der Waals surface area contributed by atoms with Crippen LogP contribution < -0.4 is 0 Å². The smallest absolute Gasteiger partial charge is 0.181 e. The van der Waals surface area contributed by atoms with Crippen molar-refractivity contribution < 1.29 is 19.7 Å². The maximum Gasteiger partial charge on any atom is 0.181 e. The predicted molar refractivity (Wildman–Crippen MR) is 98.3 cm³/mol. The highest BCUT2D eigenvalue weighted by atomic mass is 16.6. The van der Waals surface area contributed by atoms with Crippen molar-refractivity contribution in [3.05, 3.63) is 0 Å². The Morgan fingerprint density at radius 3 is 2.74 bits per heavy atom. The number of rotatable bonds is 5. The number of fused-ring (bicyclic) bond motifs is 1. The van der Waals surface area contributed by atoms with Crippen LogP contribution in [0.4, 0.5) is 0 Å². The molecule has 0 aromatic heterocycles. The number of ether oxygens (including phenoxy) is 2. The van der Waals surface area contributed by atoms with E-state index in [1.54, 1.807) is 11.2 Å². The van der Waals surface area contributed by atoms with Gasteiger partial charge in [0.2, 0.25) is 0 Å². The molecule has 0 aromatic rings. The first-order chi connectivity index (χ1) is 13.1. The molecular weight excluding hydrogens is 350 g/mol. The average Bonchev–Trinajstić information content (AvgIpc) is 3.06. The molecule has 5 aliphatic rings. The van der Waals surface area contributed by atoms with Gasteiger partial charge >= 0.3 is 0 Å². The number of hydrogen-bond donors (Lipinski definition) is 3. The fourth-order valence-corrected chi connectivity index (χ4v) is 4.61. The summed E-state index contributed by atoms with van der Waals surface area (Å²) in [5.74, 6) is 0.911. The van der Waals surface area contributed by atoms with Gasteiger partial charge in [-0.1, -0.05) is 12.8 Å². The normalized spacial score (nSPS) is 41.5. The number of nitrogens with one attached hydrogen (secondary N) is 1. The summed E-state index contributed by atoms with van der Waals surface area (Å²) in [5, 5.41) is 29.5. The van der Waals surface area contributed by atoms with Gasteiger partial charge in [-0.15, -0.1) is 0 Å². The first-order valence-electron chi connectivity index (χ1n) is 9.78. The van der Waals surface area contributed by atoms with E-state index in [9.17, 15) is 10.2 Å². The van der Waals surface area contributed by atoms with E-state index in [1.807, 2.05) is 0 Å². The second-order valence-electron chi connectivity index (χ2n) is 8.02. The van der Waals surface area contributed by atoms with Crippen molar-refractivity contribution in [1.29, 1.82) is 5.41 Å². The lowest BCUT2D eigenvalue weighted by atomic mass is 9.80. The van der Waals surface area contributed by atoms with E-state index >= 15 is 0 Å². The van der Waals surface area contributed by atoms with Crippen molar-refractivity contribution in [1.82, 2.24) is 4.90 Å². The molecule has 0 aromatic carbocycles. The minimum absolute atomic E-state index is 0.167. The third-order valence-corrected chi connectivity index (χ3v) is 6.28. The molecule has 2 aliphatic carbocycles. The first-order valence-corrected chi connectivity index (χ1v) is 9.78.